The molecule has 0 atom stereocenters. The quantitative estimate of drug-likeness (QED) is 0.840. The molecular formula is C14H17BrO5S. The van der Waals surface area contributed by atoms with Crippen molar-refractivity contribution in [3.8, 4) is 0 Å². The highest BCUT2D eigenvalue weighted by molar-refractivity contribution is 9.10. The van der Waals surface area contributed by atoms with Crippen LogP contribution in [0.1, 0.15) is 25.7 Å². The van der Waals surface area contributed by atoms with Gasteiger partial charge in [0.05, 0.1) is 22.2 Å². The van der Waals surface area contributed by atoms with E-state index in [0.717, 1.165) is 0 Å². The Morgan fingerprint density at radius 1 is 1.29 bits per heavy atom. The maximum absolute atomic E-state index is 12.4. The number of aliphatic carboxylic acids is 1. The van der Waals surface area contributed by atoms with Gasteiger partial charge < -0.3 is 10.2 Å². The summed E-state index contributed by atoms with van der Waals surface area (Å²) in [4.78, 5) is 11.1. The summed E-state index contributed by atoms with van der Waals surface area (Å²) in [5, 5.41) is 19.4. The number of carboxylic acid groups (broad SMARTS) is 1. The third kappa shape index (κ3) is 3.84. The summed E-state index contributed by atoms with van der Waals surface area (Å²) in [5.74, 6) is -1.75. The standard InChI is InChI=1S/C14H17BrO5S/c15-11-3-1-2-4-12(11)21(19,20)9-14(18)7-5-10(6-8-14)13(16)17/h1-4,10,18H,5-9H2,(H,16,17). The molecule has 0 aromatic heterocycles. The van der Waals surface area contributed by atoms with Gasteiger partial charge in [-0.25, -0.2) is 8.42 Å². The minimum absolute atomic E-state index is 0.152. The van der Waals surface area contributed by atoms with Gasteiger partial charge in [-0.1, -0.05) is 12.1 Å². The lowest BCUT2D eigenvalue weighted by Gasteiger charge is -2.34. The normalized spacial score (nSPS) is 26.5. The molecule has 5 nitrogen and oxygen atoms in total. The number of carbonyl (C=O) groups is 1. The molecule has 0 heterocycles. The number of rotatable bonds is 4. The van der Waals surface area contributed by atoms with Crippen molar-refractivity contribution in [2.24, 2.45) is 5.92 Å². The maximum Gasteiger partial charge on any atom is 0.306 e. The first-order valence-electron chi connectivity index (χ1n) is 6.66. The van der Waals surface area contributed by atoms with Crippen LogP contribution in [0.2, 0.25) is 0 Å². The summed E-state index contributed by atoms with van der Waals surface area (Å²) in [6.07, 6.45) is 0.982. The average molecular weight is 377 g/mol. The van der Waals surface area contributed by atoms with Gasteiger partial charge >= 0.3 is 5.97 Å². The molecule has 7 heteroatoms. The molecule has 116 valence electrons. The molecule has 0 unspecified atom stereocenters. The first kappa shape index (κ1) is 16.5. The van der Waals surface area contributed by atoms with Crippen LogP contribution in [-0.4, -0.2) is 36.0 Å². The van der Waals surface area contributed by atoms with Crippen LogP contribution in [0, 0.1) is 5.92 Å². The van der Waals surface area contributed by atoms with E-state index >= 15 is 0 Å². The molecule has 1 aliphatic carbocycles. The topological polar surface area (TPSA) is 91.7 Å². The summed E-state index contributed by atoms with van der Waals surface area (Å²) in [6.45, 7) is 0. The third-order valence-electron chi connectivity index (χ3n) is 3.90. The van der Waals surface area contributed by atoms with E-state index in [9.17, 15) is 18.3 Å². The lowest BCUT2D eigenvalue weighted by atomic mass is 9.80. The minimum atomic E-state index is -3.63. The molecular weight excluding hydrogens is 360 g/mol. The Morgan fingerprint density at radius 3 is 2.38 bits per heavy atom. The Bertz CT molecular complexity index is 633. The molecule has 1 saturated carbocycles. The summed E-state index contributed by atoms with van der Waals surface area (Å²) in [7, 11) is -3.63. The fourth-order valence-electron chi connectivity index (χ4n) is 2.67. The molecule has 0 saturated heterocycles. The summed E-state index contributed by atoms with van der Waals surface area (Å²) in [6, 6.07) is 6.48. The first-order chi connectivity index (χ1) is 9.73. The number of hydrogen-bond donors (Lipinski definition) is 2. The van der Waals surface area contributed by atoms with Crippen LogP contribution in [0.15, 0.2) is 33.6 Å². The molecule has 21 heavy (non-hydrogen) atoms. The zero-order valence-electron chi connectivity index (χ0n) is 11.3. The van der Waals surface area contributed by atoms with Crippen LogP contribution in [0.3, 0.4) is 0 Å². The van der Waals surface area contributed by atoms with E-state index in [2.05, 4.69) is 15.9 Å². The van der Waals surface area contributed by atoms with Crippen LogP contribution >= 0.6 is 15.9 Å². The van der Waals surface area contributed by atoms with Gasteiger partial charge in [-0.3, -0.25) is 4.79 Å². The smallest absolute Gasteiger partial charge is 0.306 e. The van der Waals surface area contributed by atoms with Crippen LogP contribution < -0.4 is 0 Å². The Labute approximate surface area is 132 Å². The number of aliphatic hydroxyl groups is 1. The van der Waals surface area contributed by atoms with Gasteiger partial charge in [-0.05, 0) is 53.7 Å². The van der Waals surface area contributed by atoms with Gasteiger partial charge in [0.15, 0.2) is 9.84 Å². The molecule has 0 amide bonds. The molecule has 0 aliphatic heterocycles. The van der Waals surface area contributed by atoms with E-state index in [0.29, 0.717) is 17.3 Å². The highest BCUT2D eigenvalue weighted by Gasteiger charge is 2.39. The molecule has 1 aliphatic rings. The highest BCUT2D eigenvalue weighted by atomic mass is 79.9. The monoisotopic (exact) mass is 376 g/mol. The Hall–Kier alpha value is -0.920. The summed E-state index contributed by atoms with van der Waals surface area (Å²) < 4.78 is 25.3. The predicted octanol–water partition coefficient (Wildman–Crippen LogP) is 2.23. The number of benzene rings is 1. The Morgan fingerprint density at radius 2 is 1.86 bits per heavy atom. The van der Waals surface area contributed by atoms with Crippen LogP contribution in [0.25, 0.3) is 0 Å². The molecule has 1 aromatic carbocycles. The van der Waals surface area contributed by atoms with Crippen molar-refractivity contribution in [2.75, 3.05) is 5.75 Å². The van der Waals surface area contributed by atoms with E-state index in [4.69, 9.17) is 5.11 Å². The zero-order chi connectivity index (χ0) is 15.7. The van der Waals surface area contributed by atoms with Gasteiger partial charge in [0.25, 0.3) is 0 Å². The van der Waals surface area contributed by atoms with Crippen molar-refractivity contribution in [2.45, 2.75) is 36.2 Å². The lowest BCUT2D eigenvalue weighted by molar-refractivity contribution is -0.144. The molecule has 1 fully saturated rings. The van der Waals surface area contributed by atoms with Gasteiger partial charge in [-0.2, -0.15) is 0 Å². The van der Waals surface area contributed by atoms with Crippen molar-refractivity contribution in [3.05, 3.63) is 28.7 Å². The maximum atomic E-state index is 12.4. The number of carboxylic acids is 1. The minimum Gasteiger partial charge on any atom is -0.481 e. The van der Waals surface area contributed by atoms with Crippen molar-refractivity contribution in [1.82, 2.24) is 0 Å². The van der Waals surface area contributed by atoms with E-state index in [1.807, 2.05) is 0 Å². The van der Waals surface area contributed by atoms with Gasteiger partial charge in [-0.15, -0.1) is 0 Å². The average Bonchev–Trinajstić information content (AvgIpc) is 2.38. The molecule has 0 spiro atoms. The van der Waals surface area contributed by atoms with Crippen molar-refractivity contribution in [3.63, 3.8) is 0 Å². The van der Waals surface area contributed by atoms with Crippen molar-refractivity contribution < 1.29 is 23.4 Å². The molecule has 0 radical (unpaired) electrons. The largest absolute Gasteiger partial charge is 0.481 e. The Balaban J connectivity index is 2.14. The molecule has 2 N–H and O–H groups in total. The molecule has 2 rings (SSSR count). The van der Waals surface area contributed by atoms with Gasteiger partial charge in [0.1, 0.15) is 0 Å². The first-order valence-corrected chi connectivity index (χ1v) is 9.10. The van der Waals surface area contributed by atoms with Crippen LogP contribution in [0.5, 0.6) is 0 Å². The zero-order valence-corrected chi connectivity index (χ0v) is 13.7. The fourth-order valence-corrected chi connectivity index (χ4v) is 5.50. The molecule has 0 bridgehead atoms. The van der Waals surface area contributed by atoms with E-state index in [1.165, 1.54) is 6.07 Å². The number of sulfone groups is 1. The summed E-state index contributed by atoms with van der Waals surface area (Å²) >= 11 is 3.20. The second-order valence-corrected chi connectivity index (χ2v) is 8.34. The molecule has 1 aromatic rings. The highest BCUT2D eigenvalue weighted by Crippen LogP contribution is 2.35. The lowest BCUT2D eigenvalue weighted by Crippen LogP contribution is -2.42. The third-order valence-corrected chi connectivity index (χ3v) is 6.79. The predicted molar refractivity (Wildman–Crippen MR) is 80.7 cm³/mol. The van der Waals surface area contributed by atoms with E-state index in [-0.39, 0.29) is 23.5 Å². The number of halogens is 1. The summed E-state index contributed by atoms with van der Waals surface area (Å²) in [5.41, 5.74) is -1.35. The van der Waals surface area contributed by atoms with Crippen LogP contribution in [-0.2, 0) is 14.6 Å². The second-order valence-electron chi connectivity index (χ2n) is 5.53. The Kier molecular flexibility index (Phi) is 4.75. The van der Waals surface area contributed by atoms with Crippen molar-refractivity contribution >= 4 is 31.7 Å². The van der Waals surface area contributed by atoms with E-state index in [1.54, 1.807) is 18.2 Å². The van der Waals surface area contributed by atoms with Gasteiger partial charge in [0, 0.05) is 4.47 Å². The SMILES string of the molecule is O=C(O)C1CCC(O)(CS(=O)(=O)c2ccccc2Br)CC1. The van der Waals surface area contributed by atoms with E-state index < -0.39 is 27.3 Å². The fraction of sp³-hybridized carbons (Fsp3) is 0.500. The number of hydrogen-bond acceptors (Lipinski definition) is 4. The van der Waals surface area contributed by atoms with Crippen molar-refractivity contribution in [1.29, 1.82) is 0 Å². The van der Waals surface area contributed by atoms with Crippen LogP contribution in [0.4, 0.5) is 0 Å². The van der Waals surface area contributed by atoms with Gasteiger partial charge in [0.2, 0.25) is 0 Å². The second kappa shape index (κ2) is 6.06.